The van der Waals surface area contributed by atoms with Crippen molar-refractivity contribution in [3.8, 4) is 11.5 Å². The van der Waals surface area contributed by atoms with Gasteiger partial charge < -0.3 is 14.6 Å². The van der Waals surface area contributed by atoms with Crippen molar-refractivity contribution in [3.63, 3.8) is 0 Å². The maximum absolute atomic E-state index is 12.6. The summed E-state index contributed by atoms with van der Waals surface area (Å²) >= 11 is 0. The maximum Gasteiger partial charge on any atom is 0.178 e. The molecular formula is C15H20O4. The molecule has 0 amide bonds. The molecule has 0 fully saturated rings. The average Bonchev–Trinajstić information content (AvgIpc) is 2.47. The summed E-state index contributed by atoms with van der Waals surface area (Å²) in [5, 5.41) is 9.64. The van der Waals surface area contributed by atoms with Gasteiger partial charge in [0.1, 0.15) is 18.1 Å². The van der Waals surface area contributed by atoms with Gasteiger partial charge in [0.2, 0.25) is 0 Å². The quantitative estimate of drug-likeness (QED) is 0.887. The summed E-state index contributed by atoms with van der Waals surface area (Å²) in [7, 11) is 1.58. The van der Waals surface area contributed by atoms with Gasteiger partial charge in [0, 0.05) is 6.07 Å². The van der Waals surface area contributed by atoms with E-state index in [-0.39, 0.29) is 19.0 Å². The second-order valence-corrected chi connectivity index (χ2v) is 5.02. The van der Waals surface area contributed by atoms with Crippen molar-refractivity contribution in [2.45, 2.75) is 26.2 Å². The third-order valence-electron chi connectivity index (χ3n) is 3.73. The van der Waals surface area contributed by atoms with Gasteiger partial charge in [-0.25, -0.2) is 0 Å². The summed E-state index contributed by atoms with van der Waals surface area (Å²) in [6.07, 6.45) is 2.55. The number of ketones is 1. The van der Waals surface area contributed by atoms with E-state index in [0.29, 0.717) is 23.5 Å². The monoisotopic (exact) mass is 264 g/mol. The maximum atomic E-state index is 12.6. The highest BCUT2D eigenvalue weighted by atomic mass is 16.5. The zero-order chi connectivity index (χ0) is 13.9. The van der Waals surface area contributed by atoms with Gasteiger partial charge in [-0.2, -0.15) is 0 Å². The highest BCUT2D eigenvalue weighted by Gasteiger charge is 2.43. The summed E-state index contributed by atoms with van der Waals surface area (Å²) in [5.41, 5.74) is -0.241. The molecule has 1 aliphatic heterocycles. The minimum atomic E-state index is -0.780. The molecule has 0 bridgehead atoms. The highest BCUT2D eigenvalue weighted by molar-refractivity contribution is 6.04. The standard InChI is InChI=1S/C15H20O4/c1-3-4-7-15(9-16)10-19-13-8-11(18-2)5-6-12(13)14(15)17/h5-6,8,16H,3-4,7,9-10H2,1-2H3. The Morgan fingerprint density at radius 3 is 2.89 bits per heavy atom. The van der Waals surface area contributed by atoms with Crippen LogP contribution in [0.15, 0.2) is 18.2 Å². The molecule has 2 rings (SSSR count). The lowest BCUT2D eigenvalue weighted by atomic mass is 9.76. The van der Waals surface area contributed by atoms with E-state index in [1.165, 1.54) is 0 Å². The summed E-state index contributed by atoms with van der Waals surface area (Å²) in [4.78, 5) is 12.6. The van der Waals surface area contributed by atoms with Crippen molar-refractivity contribution in [3.05, 3.63) is 23.8 Å². The molecular weight excluding hydrogens is 244 g/mol. The average molecular weight is 264 g/mol. The molecule has 1 heterocycles. The Labute approximate surface area is 113 Å². The molecule has 1 aromatic rings. The topological polar surface area (TPSA) is 55.8 Å². The van der Waals surface area contributed by atoms with Gasteiger partial charge in [0.15, 0.2) is 5.78 Å². The van der Waals surface area contributed by atoms with Gasteiger partial charge in [-0.3, -0.25) is 4.79 Å². The molecule has 1 unspecified atom stereocenters. The normalized spacial score (nSPS) is 21.7. The predicted octanol–water partition coefficient (Wildman–Crippen LogP) is 2.44. The first-order valence-corrected chi connectivity index (χ1v) is 6.63. The van der Waals surface area contributed by atoms with E-state index in [1.807, 2.05) is 0 Å². The molecule has 1 N–H and O–H groups in total. The van der Waals surface area contributed by atoms with Crippen molar-refractivity contribution >= 4 is 5.78 Å². The lowest BCUT2D eigenvalue weighted by Crippen LogP contribution is -2.44. The van der Waals surface area contributed by atoms with Crippen LogP contribution in [0.25, 0.3) is 0 Å². The number of hydrogen-bond donors (Lipinski definition) is 1. The van der Waals surface area contributed by atoms with E-state index in [1.54, 1.807) is 25.3 Å². The van der Waals surface area contributed by atoms with Crippen LogP contribution in [0.1, 0.15) is 36.5 Å². The Morgan fingerprint density at radius 2 is 2.26 bits per heavy atom. The highest BCUT2D eigenvalue weighted by Crippen LogP contribution is 2.39. The molecule has 0 spiro atoms. The number of fused-ring (bicyclic) bond motifs is 1. The first kappa shape index (κ1) is 13.9. The zero-order valence-electron chi connectivity index (χ0n) is 11.4. The predicted molar refractivity (Wildman–Crippen MR) is 71.9 cm³/mol. The van der Waals surface area contributed by atoms with Crippen LogP contribution in [-0.4, -0.2) is 31.2 Å². The van der Waals surface area contributed by atoms with Crippen LogP contribution in [-0.2, 0) is 0 Å². The second-order valence-electron chi connectivity index (χ2n) is 5.02. The van der Waals surface area contributed by atoms with E-state index in [0.717, 1.165) is 12.8 Å². The Morgan fingerprint density at radius 1 is 1.47 bits per heavy atom. The molecule has 1 aliphatic rings. The Hall–Kier alpha value is -1.55. The van der Waals surface area contributed by atoms with Gasteiger partial charge in [-0.05, 0) is 18.6 Å². The third-order valence-corrected chi connectivity index (χ3v) is 3.73. The fourth-order valence-electron chi connectivity index (χ4n) is 2.40. The fraction of sp³-hybridized carbons (Fsp3) is 0.533. The number of methoxy groups -OCH3 is 1. The molecule has 0 saturated carbocycles. The first-order valence-electron chi connectivity index (χ1n) is 6.63. The second kappa shape index (κ2) is 5.61. The lowest BCUT2D eigenvalue weighted by molar-refractivity contribution is 0.0337. The summed E-state index contributed by atoms with van der Waals surface area (Å²) in [5.74, 6) is 1.19. The van der Waals surface area contributed by atoms with E-state index >= 15 is 0 Å². The van der Waals surface area contributed by atoms with Crippen molar-refractivity contribution in [1.82, 2.24) is 0 Å². The number of carbonyl (C=O) groups is 1. The minimum absolute atomic E-state index is 0.0210. The van der Waals surface area contributed by atoms with E-state index < -0.39 is 5.41 Å². The fourth-order valence-corrected chi connectivity index (χ4v) is 2.40. The minimum Gasteiger partial charge on any atom is -0.497 e. The number of aliphatic hydroxyl groups is 1. The Kier molecular flexibility index (Phi) is 4.10. The van der Waals surface area contributed by atoms with Gasteiger partial charge in [-0.15, -0.1) is 0 Å². The van der Waals surface area contributed by atoms with E-state index in [2.05, 4.69) is 6.92 Å². The number of benzene rings is 1. The molecule has 0 saturated heterocycles. The van der Waals surface area contributed by atoms with Gasteiger partial charge >= 0.3 is 0 Å². The van der Waals surface area contributed by atoms with Crippen LogP contribution in [0.3, 0.4) is 0 Å². The summed E-state index contributed by atoms with van der Waals surface area (Å²) in [6.45, 7) is 2.14. The zero-order valence-corrected chi connectivity index (χ0v) is 11.4. The Balaban J connectivity index is 2.32. The molecule has 4 heteroatoms. The van der Waals surface area contributed by atoms with Gasteiger partial charge in [0.05, 0.1) is 24.7 Å². The van der Waals surface area contributed by atoms with Crippen molar-refractivity contribution in [2.75, 3.05) is 20.3 Å². The molecule has 0 aliphatic carbocycles. The number of unbranched alkanes of at least 4 members (excludes halogenated alkanes) is 1. The van der Waals surface area contributed by atoms with Crippen molar-refractivity contribution in [1.29, 1.82) is 0 Å². The molecule has 4 nitrogen and oxygen atoms in total. The number of aliphatic hydroxyl groups excluding tert-OH is 1. The van der Waals surface area contributed by atoms with E-state index in [9.17, 15) is 9.90 Å². The van der Waals surface area contributed by atoms with Gasteiger partial charge in [0.25, 0.3) is 0 Å². The van der Waals surface area contributed by atoms with Crippen LogP contribution in [0.2, 0.25) is 0 Å². The van der Waals surface area contributed by atoms with Crippen LogP contribution < -0.4 is 9.47 Å². The third kappa shape index (κ3) is 2.45. The lowest BCUT2D eigenvalue weighted by Gasteiger charge is -2.35. The van der Waals surface area contributed by atoms with Crippen LogP contribution >= 0.6 is 0 Å². The summed E-state index contributed by atoms with van der Waals surface area (Å²) < 4.78 is 10.8. The molecule has 0 aromatic heterocycles. The largest absolute Gasteiger partial charge is 0.497 e. The van der Waals surface area contributed by atoms with Crippen LogP contribution in [0.4, 0.5) is 0 Å². The van der Waals surface area contributed by atoms with Crippen molar-refractivity contribution < 1.29 is 19.4 Å². The number of carbonyl (C=O) groups excluding carboxylic acids is 1. The molecule has 0 radical (unpaired) electrons. The van der Waals surface area contributed by atoms with E-state index in [4.69, 9.17) is 9.47 Å². The molecule has 1 atom stereocenters. The molecule has 104 valence electrons. The van der Waals surface area contributed by atoms with Crippen LogP contribution in [0, 0.1) is 5.41 Å². The van der Waals surface area contributed by atoms with Gasteiger partial charge in [-0.1, -0.05) is 19.8 Å². The smallest absolute Gasteiger partial charge is 0.178 e. The SMILES string of the molecule is CCCCC1(CO)COc2cc(OC)ccc2C1=O. The van der Waals surface area contributed by atoms with Crippen LogP contribution in [0.5, 0.6) is 11.5 Å². The van der Waals surface area contributed by atoms with Crippen molar-refractivity contribution in [2.24, 2.45) is 5.41 Å². The Bertz CT molecular complexity index is 469. The summed E-state index contributed by atoms with van der Waals surface area (Å²) in [6, 6.07) is 5.17. The molecule has 1 aromatic carbocycles. The number of hydrogen-bond acceptors (Lipinski definition) is 4. The number of Topliss-reactive ketones (excluding diaryl/α,β-unsaturated/α-hetero) is 1. The first-order chi connectivity index (χ1) is 9.16. The number of ether oxygens (including phenoxy) is 2. The molecule has 19 heavy (non-hydrogen) atoms. The number of rotatable bonds is 5.